The normalized spacial score (nSPS) is 13.8. The van der Waals surface area contributed by atoms with E-state index in [9.17, 15) is 43.2 Å². The van der Waals surface area contributed by atoms with Gasteiger partial charge in [0, 0.05) is 25.7 Å². The molecule has 0 radical (unpaired) electrons. The van der Waals surface area contributed by atoms with Gasteiger partial charge < -0.3 is 33.8 Å². The number of carbonyl (C=O) groups is 4. The minimum atomic E-state index is -4.97. The van der Waals surface area contributed by atoms with Crippen molar-refractivity contribution < 1.29 is 80.2 Å². The maximum absolute atomic E-state index is 13.1. The van der Waals surface area contributed by atoms with Gasteiger partial charge in [0.2, 0.25) is 0 Å². The summed E-state index contributed by atoms with van der Waals surface area (Å²) in [6.45, 7) is 9.74. The van der Waals surface area contributed by atoms with Gasteiger partial charge in [0.25, 0.3) is 0 Å². The van der Waals surface area contributed by atoms with Crippen molar-refractivity contribution in [2.24, 2.45) is 11.8 Å². The molecule has 0 rings (SSSR count). The van der Waals surface area contributed by atoms with Crippen LogP contribution >= 0.6 is 15.6 Å². The summed E-state index contributed by atoms with van der Waals surface area (Å²) in [7, 11) is -9.93. The molecule has 0 aliphatic rings. The summed E-state index contributed by atoms with van der Waals surface area (Å²) >= 11 is 0. The Balaban J connectivity index is 5.24. The molecular formula is C86H168O17P2. The van der Waals surface area contributed by atoms with E-state index in [1.807, 2.05) is 0 Å². The van der Waals surface area contributed by atoms with E-state index in [0.717, 1.165) is 102 Å². The number of hydrogen-bond acceptors (Lipinski definition) is 15. The molecule has 0 fully saturated rings. The fourth-order valence-electron chi connectivity index (χ4n) is 13.4. The molecule has 17 nitrogen and oxygen atoms in total. The van der Waals surface area contributed by atoms with E-state index in [-0.39, 0.29) is 25.7 Å². The van der Waals surface area contributed by atoms with Crippen LogP contribution < -0.4 is 0 Å². The van der Waals surface area contributed by atoms with Crippen molar-refractivity contribution in [3.05, 3.63) is 0 Å². The Labute approximate surface area is 645 Å². The monoisotopic (exact) mass is 1540 g/mol. The van der Waals surface area contributed by atoms with Crippen LogP contribution in [-0.4, -0.2) is 96.7 Å². The number of carbonyl (C=O) groups excluding carboxylic acids is 4. The first-order chi connectivity index (χ1) is 50.9. The van der Waals surface area contributed by atoms with Crippen LogP contribution in [-0.2, 0) is 65.4 Å². The van der Waals surface area contributed by atoms with Gasteiger partial charge in [-0.25, -0.2) is 9.13 Å². The number of ether oxygens (including phenoxy) is 4. The number of phosphoric acid groups is 2. The smallest absolute Gasteiger partial charge is 0.462 e. The maximum Gasteiger partial charge on any atom is 0.472 e. The zero-order valence-corrected chi connectivity index (χ0v) is 70.8. The van der Waals surface area contributed by atoms with Crippen molar-refractivity contribution in [1.82, 2.24) is 0 Å². The topological polar surface area (TPSA) is 237 Å². The van der Waals surface area contributed by atoms with E-state index in [2.05, 4.69) is 41.5 Å². The molecule has 0 heterocycles. The zero-order chi connectivity index (χ0) is 77.1. The lowest BCUT2D eigenvalue weighted by Gasteiger charge is -2.21. The molecule has 0 amide bonds. The molecule has 0 aromatic carbocycles. The molecule has 0 aliphatic carbocycles. The fourth-order valence-corrected chi connectivity index (χ4v) is 15.0. The van der Waals surface area contributed by atoms with Crippen LogP contribution in [0.1, 0.15) is 459 Å². The van der Waals surface area contributed by atoms with Gasteiger partial charge in [0.1, 0.15) is 19.3 Å². The SMILES string of the molecule is CCCCCCCCCCCCCCCCCC(=O)O[C@H](COC(=O)CCCCCCCCCCCCC)COP(=O)(O)OC[C@H](O)COP(=O)(O)OC[C@@H](COC(=O)CCCCCCCCCCCCCCCCCC(C)C)OC(=O)CCCCCCCCCCCCCCCCCCCCC(C)C. The lowest BCUT2D eigenvalue weighted by Crippen LogP contribution is -2.30. The number of hydrogen-bond donors (Lipinski definition) is 3. The largest absolute Gasteiger partial charge is 0.472 e. The zero-order valence-electron chi connectivity index (χ0n) is 69.0. The molecule has 0 aromatic rings. The highest BCUT2D eigenvalue weighted by atomic mass is 31.2. The minimum absolute atomic E-state index is 0.109. The highest BCUT2D eigenvalue weighted by Gasteiger charge is 2.30. The van der Waals surface area contributed by atoms with Crippen molar-refractivity contribution in [2.45, 2.75) is 477 Å². The molecule has 0 bridgehead atoms. The van der Waals surface area contributed by atoms with Crippen molar-refractivity contribution in [1.29, 1.82) is 0 Å². The Hall–Kier alpha value is -1.94. The number of aliphatic hydroxyl groups excluding tert-OH is 1. The average molecular weight is 1540 g/mol. The van der Waals surface area contributed by atoms with E-state index >= 15 is 0 Å². The first-order valence-electron chi connectivity index (χ1n) is 44.5. The molecule has 0 spiro atoms. The van der Waals surface area contributed by atoms with E-state index in [4.69, 9.17) is 37.0 Å². The Bertz CT molecular complexity index is 2010. The highest BCUT2D eigenvalue weighted by Crippen LogP contribution is 2.45. The molecule has 0 aliphatic heterocycles. The second-order valence-corrected chi connectivity index (χ2v) is 34.8. The van der Waals surface area contributed by atoms with Crippen molar-refractivity contribution >= 4 is 39.5 Å². The van der Waals surface area contributed by atoms with Crippen LogP contribution in [0.5, 0.6) is 0 Å². The van der Waals surface area contributed by atoms with Crippen LogP contribution in [0.25, 0.3) is 0 Å². The van der Waals surface area contributed by atoms with Gasteiger partial charge in [-0.3, -0.25) is 37.3 Å². The van der Waals surface area contributed by atoms with Crippen molar-refractivity contribution in [3.8, 4) is 0 Å². The van der Waals surface area contributed by atoms with Gasteiger partial charge in [-0.15, -0.1) is 0 Å². The van der Waals surface area contributed by atoms with Gasteiger partial charge >= 0.3 is 39.5 Å². The van der Waals surface area contributed by atoms with Crippen molar-refractivity contribution in [3.63, 3.8) is 0 Å². The molecule has 0 aromatic heterocycles. The Morgan fingerprint density at radius 2 is 0.438 bits per heavy atom. The molecule has 3 N–H and O–H groups in total. The molecular weight excluding hydrogens is 1370 g/mol. The molecule has 624 valence electrons. The molecule has 0 saturated carbocycles. The molecule has 0 saturated heterocycles. The first kappa shape index (κ1) is 103. The number of unbranched alkanes of at least 4 members (excludes halogenated alkanes) is 55. The predicted octanol–water partition coefficient (Wildman–Crippen LogP) is 26.2. The quantitative estimate of drug-likeness (QED) is 0.0222. The van der Waals surface area contributed by atoms with Crippen LogP contribution in [0.15, 0.2) is 0 Å². The summed E-state index contributed by atoms with van der Waals surface area (Å²) in [5.41, 5.74) is 0. The van der Waals surface area contributed by atoms with Gasteiger partial charge in [0.15, 0.2) is 12.2 Å². The van der Waals surface area contributed by atoms with Gasteiger partial charge in [-0.05, 0) is 37.5 Å². The summed E-state index contributed by atoms with van der Waals surface area (Å²) in [6, 6.07) is 0. The maximum atomic E-state index is 13.1. The molecule has 19 heteroatoms. The van der Waals surface area contributed by atoms with Gasteiger partial charge in [-0.1, -0.05) is 408 Å². The Morgan fingerprint density at radius 1 is 0.257 bits per heavy atom. The van der Waals surface area contributed by atoms with Gasteiger partial charge in [-0.2, -0.15) is 0 Å². The van der Waals surface area contributed by atoms with E-state index in [1.54, 1.807) is 0 Å². The first-order valence-corrected chi connectivity index (χ1v) is 47.5. The highest BCUT2D eigenvalue weighted by molar-refractivity contribution is 7.47. The van der Waals surface area contributed by atoms with Crippen LogP contribution in [0.2, 0.25) is 0 Å². The summed E-state index contributed by atoms with van der Waals surface area (Å²) in [4.78, 5) is 73.2. The third-order valence-electron chi connectivity index (χ3n) is 20.2. The summed E-state index contributed by atoms with van der Waals surface area (Å²) < 4.78 is 68.9. The lowest BCUT2D eigenvalue weighted by molar-refractivity contribution is -0.161. The Morgan fingerprint density at radius 3 is 0.648 bits per heavy atom. The van der Waals surface area contributed by atoms with Gasteiger partial charge in [0.05, 0.1) is 26.4 Å². The van der Waals surface area contributed by atoms with Crippen LogP contribution in [0.3, 0.4) is 0 Å². The second kappa shape index (κ2) is 77.4. The average Bonchev–Trinajstić information content (AvgIpc) is 0.909. The molecule has 2 unspecified atom stereocenters. The van der Waals surface area contributed by atoms with Crippen LogP contribution in [0.4, 0.5) is 0 Å². The standard InChI is InChI=1S/C86H168O17P2/c1-7-9-11-13-15-17-19-20-26-34-40-46-52-58-64-70-85(90)102-81(74-96-83(88)68-62-56-50-44-36-18-16-14-12-10-8-2)76-100-104(92,93)98-72-80(87)73-99-105(94,95)101-77-82(75-97-84(89)69-63-57-51-45-39-33-30-25-28-32-38-43-49-55-61-67-79(5)6)103-86(91)71-65-59-53-47-41-35-29-24-22-21-23-27-31-37-42-48-54-60-66-78(3)4/h78-82,87H,7-77H2,1-6H3,(H,92,93)(H,94,95)/t80-,81+,82+/m0/s1. The fraction of sp³-hybridized carbons (Fsp3) is 0.953. The van der Waals surface area contributed by atoms with E-state index in [1.165, 1.54) is 276 Å². The summed E-state index contributed by atoms with van der Waals surface area (Å²) in [5.74, 6) is -0.473. The number of aliphatic hydroxyl groups is 1. The van der Waals surface area contributed by atoms with E-state index < -0.39 is 97.5 Å². The number of esters is 4. The van der Waals surface area contributed by atoms with Crippen molar-refractivity contribution in [2.75, 3.05) is 39.6 Å². The Kier molecular flexibility index (Phi) is 76.0. The lowest BCUT2D eigenvalue weighted by atomic mass is 10.0. The summed E-state index contributed by atoms with van der Waals surface area (Å²) in [6.07, 6.45) is 69.3. The minimum Gasteiger partial charge on any atom is -0.462 e. The molecule has 105 heavy (non-hydrogen) atoms. The second-order valence-electron chi connectivity index (χ2n) is 31.9. The predicted molar refractivity (Wildman–Crippen MR) is 432 cm³/mol. The number of phosphoric ester groups is 2. The third kappa shape index (κ3) is 79.9. The summed E-state index contributed by atoms with van der Waals surface area (Å²) in [5, 5.41) is 10.7. The van der Waals surface area contributed by atoms with Crippen LogP contribution in [0, 0.1) is 11.8 Å². The third-order valence-corrected chi connectivity index (χ3v) is 22.1. The number of rotatable bonds is 85. The molecule has 5 atom stereocenters. The van der Waals surface area contributed by atoms with E-state index in [0.29, 0.717) is 25.7 Å².